The molecule has 0 bridgehead atoms. The Morgan fingerprint density at radius 2 is 1.62 bits per heavy atom. The number of hydrogen-bond donors (Lipinski definition) is 2. The van der Waals surface area contributed by atoms with Gasteiger partial charge in [0.05, 0.1) is 27.9 Å². The fourth-order valence-electron chi connectivity index (χ4n) is 3.97. The molecule has 0 unspecified atom stereocenters. The third-order valence-electron chi connectivity index (χ3n) is 5.75. The summed E-state index contributed by atoms with van der Waals surface area (Å²) in [5.74, 6) is 0. The zero-order valence-electron chi connectivity index (χ0n) is 20.9. The van der Waals surface area contributed by atoms with Gasteiger partial charge in [-0.25, -0.2) is 22.6 Å². The quantitative estimate of drug-likeness (QED) is 0.357. The molecule has 183 valence electrons. The molecule has 8 nitrogen and oxygen atoms in total. The molecule has 10 heteroatoms. The molecular formula is C27H25N5NaO3S. The number of benzene rings is 3. The second-order valence-electron chi connectivity index (χ2n) is 8.24. The van der Waals surface area contributed by atoms with Crippen LogP contribution in [0.5, 0.6) is 0 Å². The largest absolute Gasteiger partial charge is 0.337 e. The molecule has 0 aliphatic heterocycles. The standard InChI is InChI=1S/C27H25N5O3S.Na/c1-19-26(23-6-4-3-5-7-23)20(2)32(30-19)24-12-8-21(9-13-24)16-17-29-27(33)31-36(34,35)25-14-10-22(18-28)11-15-25;/h3-15H,16-17H2,1-2H3,(H2,29,31,33);. The molecule has 2 amide bonds. The van der Waals surface area contributed by atoms with Gasteiger partial charge in [-0.2, -0.15) is 10.4 Å². The number of amides is 2. The van der Waals surface area contributed by atoms with Crippen LogP contribution in [0.4, 0.5) is 4.79 Å². The van der Waals surface area contributed by atoms with Crippen LogP contribution in [0.3, 0.4) is 0 Å². The van der Waals surface area contributed by atoms with E-state index in [9.17, 15) is 13.2 Å². The van der Waals surface area contributed by atoms with E-state index in [1.807, 2.05) is 71.8 Å². The van der Waals surface area contributed by atoms with Crippen molar-refractivity contribution in [3.63, 3.8) is 0 Å². The van der Waals surface area contributed by atoms with Crippen molar-refractivity contribution in [2.75, 3.05) is 6.54 Å². The van der Waals surface area contributed by atoms with Gasteiger partial charge in [-0.05, 0) is 67.8 Å². The number of rotatable bonds is 7. The normalized spacial score (nSPS) is 10.7. The van der Waals surface area contributed by atoms with Gasteiger partial charge < -0.3 is 5.32 Å². The van der Waals surface area contributed by atoms with Gasteiger partial charge in [-0.3, -0.25) is 0 Å². The van der Waals surface area contributed by atoms with Gasteiger partial charge in [0, 0.05) is 47.4 Å². The number of urea groups is 1. The van der Waals surface area contributed by atoms with Gasteiger partial charge in [0.1, 0.15) is 0 Å². The molecule has 3 aromatic carbocycles. The summed E-state index contributed by atoms with van der Waals surface area (Å²) >= 11 is 0. The number of aromatic nitrogens is 2. The second kappa shape index (κ2) is 12.2. The number of nitriles is 1. The zero-order valence-corrected chi connectivity index (χ0v) is 23.7. The minimum Gasteiger partial charge on any atom is -0.337 e. The first kappa shape index (κ1) is 28.2. The van der Waals surface area contributed by atoms with Crippen molar-refractivity contribution in [2.24, 2.45) is 0 Å². The summed E-state index contributed by atoms with van der Waals surface area (Å²) in [6.45, 7) is 4.30. The number of carbonyl (C=O) groups is 1. The summed E-state index contributed by atoms with van der Waals surface area (Å²) in [5, 5.41) is 16.1. The maximum atomic E-state index is 12.3. The van der Waals surface area contributed by atoms with Gasteiger partial charge in [0.2, 0.25) is 0 Å². The van der Waals surface area contributed by atoms with E-state index in [0.717, 1.165) is 33.8 Å². The minimum absolute atomic E-state index is 0. The molecule has 2 N–H and O–H groups in total. The third kappa shape index (κ3) is 6.67. The topological polar surface area (TPSA) is 117 Å². The summed E-state index contributed by atoms with van der Waals surface area (Å²) in [7, 11) is -4.02. The maximum absolute atomic E-state index is 12.3. The van der Waals surface area contributed by atoms with Crippen LogP contribution in [0.15, 0.2) is 83.8 Å². The maximum Gasteiger partial charge on any atom is 0.328 e. The van der Waals surface area contributed by atoms with Crippen LogP contribution in [-0.4, -0.2) is 60.3 Å². The molecule has 0 saturated carbocycles. The van der Waals surface area contributed by atoms with Crippen molar-refractivity contribution >= 4 is 45.6 Å². The van der Waals surface area contributed by atoms with Crippen LogP contribution >= 0.6 is 0 Å². The smallest absolute Gasteiger partial charge is 0.328 e. The van der Waals surface area contributed by atoms with Crippen molar-refractivity contribution < 1.29 is 13.2 Å². The SMILES string of the molecule is Cc1nn(-c2ccc(CCNC(=O)NS(=O)(=O)c3ccc(C#N)cc3)cc2)c(C)c1-c1ccccc1.[Na]. The van der Waals surface area contributed by atoms with E-state index in [1.165, 1.54) is 24.3 Å². The molecule has 0 atom stereocenters. The fourth-order valence-corrected chi connectivity index (χ4v) is 4.90. The van der Waals surface area contributed by atoms with E-state index in [2.05, 4.69) is 17.4 Å². The Morgan fingerprint density at radius 3 is 2.24 bits per heavy atom. The summed E-state index contributed by atoms with van der Waals surface area (Å²) in [6.07, 6.45) is 0.525. The predicted molar refractivity (Wildman–Crippen MR) is 143 cm³/mol. The van der Waals surface area contributed by atoms with Gasteiger partial charge in [-0.1, -0.05) is 42.5 Å². The number of aryl methyl sites for hydroxylation is 1. The first-order valence-electron chi connectivity index (χ1n) is 11.3. The zero-order chi connectivity index (χ0) is 25.7. The Hall–Kier alpha value is -3.42. The Labute approximate surface area is 238 Å². The number of nitrogens with zero attached hydrogens (tertiary/aromatic N) is 3. The van der Waals surface area contributed by atoms with Gasteiger partial charge >= 0.3 is 6.03 Å². The van der Waals surface area contributed by atoms with Crippen LogP contribution in [0.2, 0.25) is 0 Å². The second-order valence-corrected chi connectivity index (χ2v) is 9.92. The van der Waals surface area contributed by atoms with E-state index >= 15 is 0 Å². The predicted octanol–water partition coefficient (Wildman–Crippen LogP) is 3.88. The first-order chi connectivity index (χ1) is 17.3. The van der Waals surface area contributed by atoms with Crippen molar-refractivity contribution in [2.45, 2.75) is 25.2 Å². The number of nitrogens with one attached hydrogen (secondary N) is 2. The molecule has 1 radical (unpaired) electrons. The molecule has 0 aliphatic rings. The van der Waals surface area contributed by atoms with E-state index in [-0.39, 0.29) is 41.0 Å². The van der Waals surface area contributed by atoms with Crippen molar-refractivity contribution in [3.8, 4) is 22.9 Å². The monoisotopic (exact) mass is 522 g/mol. The summed E-state index contributed by atoms with van der Waals surface area (Å²) in [5.41, 5.74) is 6.49. The Morgan fingerprint density at radius 1 is 0.973 bits per heavy atom. The van der Waals surface area contributed by atoms with Crippen LogP contribution in [0, 0.1) is 25.2 Å². The molecule has 0 spiro atoms. The third-order valence-corrected chi connectivity index (χ3v) is 7.10. The van der Waals surface area contributed by atoms with Gasteiger partial charge in [0.15, 0.2) is 0 Å². The molecule has 0 aliphatic carbocycles. The Bertz CT molecular complexity index is 1530. The van der Waals surface area contributed by atoms with Crippen molar-refractivity contribution in [3.05, 3.63) is 101 Å². The summed E-state index contributed by atoms with van der Waals surface area (Å²) in [4.78, 5) is 12.0. The number of sulfonamides is 1. The van der Waals surface area contributed by atoms with Gasteiger partial charge in [0.25, 0.3) is 10.0 Å². The molecule has 1 heterocycles. The van der Waals surface area contributed by atoms with E-state index in [1.54, 1.807) is 0 Å². The Balaban J connectivity index is 0.00000380. The molecule has 4 rings (SSSR count). The molecule has 4 aromatic rings. The summed E-state index contributed by atoms with van der Waals surface area (Å²) < 4.78 is 28.6. The van der Waals surface area contributed by atoms with E-state index in [4.69, 9.17) is 10.4 Å². The average molecular weight is 523 g/mol. The van der Waals surface area contributed by atoms with Gasteiger partial charge in [-0.15, -0.1) is 0 Å². The molecule has 1 aromatic heterocycles. The molecule has 37 heavy (non-hydrogen) atoms. The van der Waals surface area contributed by atoms with E-state index < -0.39 is 16.1 Å². The minimum atomic E-state index is -4.02. The summed E-state index contributed by atoms with van der Waals surface area (Å²) in [6, 6.07) is 24.4. The first-order valence-corrected chi connectivity index (χ1v) is 12.8. The van der Waals surface area contributed by atoms with E-state index in [0.29, 0.717) is 12.0 Å². The van der Waals surface area contributed by atoms with Crippen LogP contribution in [0.25, 0.3) is 16.8 Å². The van der Waals surface area contributed by atoms with Crippen molar-refractivity contribution in [1.29, 1.82) is 5.26 Å². The fraction of sp³-hybridized carbons (Fsp3) is 0.148. The Kier molecular flexibility index (Phi) is 9.29. The van der Waals surface area contributed by atoms with Crippen molar-refractivity contribution in [1.82, 2.24) is 19.8 Å². The van der Waals surface area contributed by atoms with Crippen LogP contribution in [0.1, 0.15) is 22.5 Å². The molecule has 0 saturated heterocycles. The number of hydrogen-bond acceptors (Lipinski definition) is 5. The van der Waals surface area contributed by atoms with Crippen LogP contribution < -0.4 is 10.0 Å². The number of carbonyl (C=O) groups excluding carboxylic acids is 1. The molecular weight excluding hydrogens is 497 g/mol. The average Bonchev–Trinajstić information content (AvgIpc) is 3.18. The van der Waals surface area contributed by atoms with Crippen LogP contribution in [-0.2, 0) is 16.4 Å². The molecule has 0 fully saturated rings.